The summed E-state index contributed by atoms with van der Waals surface area (Å²) < 4.78 is 11.2. The Kier molecular flexibility index (Phi) is 4.54. The number of piperidine rings is 1. The minimum atomic E-state index is -0.0477. The monoisotopic (exact) mass is 328 g/mol. The number of nitrogens with one attached hydrogen (secondary N) is 1. The Labute approximate surface area is 141 Å². The van der Waals surface area contributed by atoms with E-state index in [0.29, 0.717) is 25.6 Å². The van der Waals surface area contributed by atoms with Crippen LogP contribution in [0.1, 0.15) is 24.8 Å². The molecule has 0 aliphatic carbocycles. The second-order valence-corrected chi connectivity index (χ2v) is 6.69. The van der Waals surface area contributed by atoms with Gasteiger partial charge in [0.1, 0.15) is 0 Å². The van der Waals surface area contributed by atoms with Crippen molar-refractivity contribution in [3.63, 3.8) is 0 Å². The first-order chi connectivity index (χ1) is 11.8. The number of para-hydroxylation sites is 1. The minimum absolute atomic E-state index is 0.0477. The summed E-state index contributed by atoms with van der Waals surface area (Å²) >= 11 is 0. The Bertz CT molecular complexity index is 697. The molecule has 2 saturated heterocycles. The molecule has 128 valence electrons. The number of amides is 1. The van der Waals surface area contributed by atoms with E-state index in [1.54, 1.807) is 0 Å². The summed E-state index contributed by atoms with van der Waals surface area (Å²) in [5.41, 5.74) is 2.36. The number of ether oxygens (including phenoxy) is 2. The molecule has 2 aliphatic rings. The lowest BCUT2D eigenvalue weighted by Gasteiger charge is -2.34. The maximum Gasteiger partial charge on any atom is 0.222 e. The summed E-state index contributed by atoms with van der Waals surface area (Å²) in [5.74, 6) is 0.692. The number of carbonyl (C=O) groups excluding carboxylic acids is 1. The van der Waals surface area contributed by atoms with Gasteiger partial charge in [-0.2, -0.15) is 0 Å². The Morgan fingerprint density at radius 2 is 1.92 bits per heavy atom. The summed E-state index contributed by atoms with van der Waals surface area (Å²) in [4.78, 5) is 17.8. The van der Waals surface area contributed by atoms with E-state index in [1.807, 2.05) is 23.2 Å². The van der Waals surface area contributed by atoms with Crippen molar-refractivity contribution >= 4 is 16.8 Å². The fourth-order valence-corrected chi connectivity index (χ4v) is 3.81. The summed E-state index contributed by atoms with van der Waals surface area (Å²) in [6, 6.07) is 8.24. The molecule has 0 unspecified atom stereocenters. The number of hydrogen-bond acceptors (Lipinski definition) is 3. The van der Waals surface area contributed by atoms with E-state index < -0.39 is 0 Å². The van der Waals surface area contributed by atoms with E-state index >= 15 is 0 Å². The van der Waals surface area contributed by atoms with Gasteiger partial charge in [0, 0.05) is 42.5 Å². The highest BCUT2D eigenvalue weighted by Gasteiger charge is 2.31. The second-order valence-electron chi connectivity index (χ2n) is 6.69. The van der Waals surface area contributed by atoms with Crippen molar-refractivity contribution in [2.45, 2.75) is 32.0 Å². The molecule has 2 aromatic rings. The number of H-pyrrole nitrogens is 1. The molecule has 5 heteroatoms. The number of hydrogen-bond donors (Lipinski definition) is 1. The van der Waals surface area contributed by atoms with E-state index in [9.17, 15) is 4.79 Å². The lowest BCUT2D eigenvalue weighted by Crippen LogP contribution is -2.41. The number of carbonyl (C=O) groups is 1. The van der Waals surface area contributed by atoms with E-state index in [2.05, 4.69) is 17.1 Å². The first-order valence-corrected chi connectivity index (χ1v) is 8.87. The summed E-state index contributed by atoms with van der Waals surface area (Å²) in [6.45, 7) is 3.05. The maximum atomic E-state index is 12.5. The first kappa shape index (κ1) is 15.7. The molecule has 1 aromatic carbocycles. The highest BCUT2D eigenvalue weighted by atomic mass is 16.7. The zero-order chi connectivity index (χ0) is 16.4. The van der Waals surface area contributed by atoms with Crippen molar-refractivity contribution in [1.82, 2.24) is 9.88 Å². The van der Waals surface area contributed by atoms with Crippen LogP contribution in [0, 0.1) is 5.92 Å². The third-order valence-electron chi connectivity index (χ3n) is 5.21. The molecule has 0 saturated carbocycles. The van der Waals surface area contributed by atoms with Crippen LogP contribution in [0.2, 0.25) is 0 Å². The molecule has 4 rings (SSSR count). The van der Waals surface area contributed by atoms with Crippen molar-refractivity contribution in [1.29, 1.82) is 0 Å². The molecule has 3 heterocycles. The van der Waals surface area contributed by atoms with Crippen LogP contribution >= 0.6 is 0 Å². The van der Waals surface area contributed by atoms with Crippen LogP contribution in [-0.4, -0.2) is 48.4 Å². The van der Waals surface area contributed by atoms with Gasteiger partial charge < -0.3 is 19.4 Å². The number of likely N-dealkylation sites (tertiary alicyclic amines) is 1. The molecule has 1 N–H and O–H groups in total. The van der Waals surface area contributed by atoms with Gasteiger partial charge >= 0.3 is 0 Å². The minimum Gasteiger partial charge on any atom is -0.361 e. The van der Waals surface area contributed by atoms with Gasteiger partial charge in [-0.15, -0.1) is 0 Å². The summed E-state index contributed by atoms with van der Waals surface area (Å²) in [5, 5.41) is 1.22. The Hall–Kier alpha value is -1.85. The number of benzene rings is 1. The van der Waals surface area contributed by atoms with Gasteiger partial charge in [-0.05, 0) is 30.9 Å². The predicted molar refractivity (Wildman–Crippen MR) is 91.6 cm³/mol. The molecular weight excluding hydrogens is 304 g/mol. The van der Waals surface area contributed by atoms with Crippen molar-refractivity contribution in [3.05, 3.63) is 36.0 Å². The summed E-state index contributed by atoms with van der Waals surface area (Å²) in [6.07, 6.45) is 5.29. The van der Waals surface area contributed by atoms with Gasteiger partial charge in [0.25, 0.3) is 0 Å². The first-order valence-electron chi connectivity index (χ1n) is 8.87. The molecule has 2 aliphatic heterocycles. The summed E-state index contributed by atoms with van der Waals surface area (Å²) in [7, 11) is 0. The molecule has 2 fully saturated rings. The molecule has 0 radical (unpaired) electrons. The van der Waals surface area contributed by atoms with Gasteiger partial charge in [0.2, 0.25) is 5.91 Å². The quantitative estimate of drug-likeness (QED) is 0.939. The smallest absolute Gasteiger partial charge is 0.222 e. The van der Waals surface area contributed by atoms with Crippen LogP contribution in [0.3, 0.4) is 0 Å². The van der Waals surface area contributed by atoms with Gasteiger partial charge in [0.05, 0.1) is 13.2 Å². The molecule has 5 nitrogen and oxygen atoms in total. The molecule has 0 bridgehead atoms. The van der Waals surface area contributed by atoms with Crippen LogP contribution in [0.5, 0.6) is 0 Å². The van der Waals surface area contributed by atoms with E-state index in [0.717, 1.165) is 37.9 Å². The lowest BCUT2D eigenvalue weighted by molar-refractivity contribution is -0.136. The average Bonchev–Trinajstić information content (AvgIpc) is 3.30. The van der Waals surface area contributed by atoms with E-state index in [4.69, 9.17) is 9.47 Å². The number of aryl methyl sites for hydroxylation is 1. The molecule has 24 heavy (non-hydrogen) atoms. The van der Waals surface area contributed by atoms with Crippen molar-refractivity contribution in [2.75, 3.05) is 26.3 Å². The molecule has 1 amide bonds. The van der Waals surface area contributed by atoms with Crippen molar-refractivity contribution < 1.29 is 14.3 Å². The molecule has 0 spiro atoms. The van der Waals surface area contributed by atoms with Crippen molar-refractivity contribution in [2.24, 2.45) is 5.92 Å². The third kappa shape index (κ3) is 3.19. The number of nitrogens with zero attached hydrogens (tertiary/aromatic N) is 1. The van der Waals surface area contributed by atoms with Gasteiger partial charge in [0.15, 0.2) is 6.29 Å². The van der Waals surface area contributed by atoms with Crippen LogP contribution < -0.4 is 0 Å². The number of aromatic nitrogens is 1. The highest BCUT2D eigenvalue weighted by molar-refractivity contribution is 5.84. The van der Waals surface area contributed by atoms with Gasteiger partial charge in [-0.1, -0.05) is 18.2 Å². The van der Waals surface area contributed by atoms with Crippen LogP contribution in [0.4, 0.5) is 0 Å². The van der Waals surface area contributed by atoms with Crippen LogP contribution in [-0.2, 0) is 20.7 Å². The zero-order valence-electron chi connectivity index (χ0n) is 13.9. The molecule has 1 aromatic heterocycles. The lowest BCUT2D eigenvalue weighted by atomic mass is 9.95. The Morgan fingerprint density at radius 3 is 2.71 bits per heavy atom. The zero-order valence-corrected chi connectivity index (χ0v) is 13.9. The van der Waals surface area contributed by atoms with Gasteiger partial charge in [-0.25, -0.2) is 0 Å². The Balaban J connectivity index is 1.29. The predicted octanol–water partition coefficient (Wildman–Crippen LogP) is 2.71. The fraction of sp³-hybridized carbons (Fsp3) is 0.526. The Morgan fingerprint density at radius 1 is 1.17 bits per heavy atom. The average molecular weight is 328 g/mol. The van der Waals surface area contributed by atoms with Crippen molar-refractivity contribution in [3.8, 4) is 0 Å². The highest BCUT2D eigenvalue weighted by Crippen LogP contribution is 2.26. The van der Waals surface area contributed by atoms with Crippen LogP contribution in [0.25, 0.3) is 10.9 Å². The number of fused-ring (bicyclic) bond motifs is 1. The largest absolute Gasteiger partial charge is 0.361 e. The topological polar surface area (TPSA) is 54.6 Å². The SMILES string of the molecule is O=C(CCc1c[nH]c2ccccc12)N1CCC(C2OCCO2)CC1. The number of rotatable bonds is 4. The standard InChI is InChI=1S/C19H24N2O3/c22-18(6-5-15-13-20-17-4-2-1-3-16(15)17)21-9-7-14(8-10-21)19-23-11-12-24-19/h1-4,13-14,19-20H,5-12H2. The van der Waals surface area contributed by atoms with E-state index in [-0.39, 0.29) is 12.2 Å². The van der Waals surface area contributed by atoms with E-state index in [1.165, 1.54) is 10.9 Å². The van der Waals surface area contributed by atoms with Crippen LogP contribution in [0.15, 0.2) is 30.5 Å². The third-order valence-corrected chi connectivity index (χ3v) is 5.21. The molecular formula is C19H24N2O3. The fourth-order valence-electron chi connectivity index (χ4n) is 3.81. The second kappa shape index (κ2) is 6.95. The van der Waals surface area contributed by atoms with Gasteiger partial charge in [-0.3, -0.25) is 4.79 Å². The number of aromatic amines is 1. The maximum absolute atomic E-state index is 12.5. The molecule has 0 atom stereocenters. The normalized spacial score (nSPS) is 20.1.